The van der Waals surface area contributed by atoms with E-state index in [1.54, 1.807) is 42.5 Å². The maximum absolute atomic E-state index is 12.7. The van der Waals surface area contributed by atoms with Crippen LogP contribution < -0.4 is 20.4 Å². The van der Waals surface area contributed by atoms with Crippen LogP contribution in [0.1, 0.15) is 20.7 Å². The second-order valence-electron chi connectivity index (χ2n) is 9.57. The van der Waals surface area contributed by atoms with Gasteiger partial charge in [0, 0.05) is 67.6 Å². The summed E-state index contributed by atoms with van der Waals surface area (Å²) in [6.07, 6.45) is 0. The minimum atomic E-state index is -0.199. The smallest absolute Gasteiger partial charge is 0.255 e. The fourth-order valence-electron chi connectivity index (χ4n) is 4.05. The molecule has 2 N–H and O–H groups in total. The molecule has 0 saturated heterocycles. The van der Waals surface area contributed by atoms with Gasteiger partial charge in [0.1, 0.15) is 5.52 Å². The predicted octanol–water partition coefficient (Wildman–Crippen LogP) is 6.13. The molecule has 4 aromatic carbocycles. The fourth-order valence-corrected chi connectivity index (χ4v) is 4.05. The summed E-state index contributed by atoms with van der Waals surface area (Å²) in [5, 5.41) is 5.83. The third-order valence-electron chi connectivity index (χ3n) is 6.33. The molecule has 1 heterocycles. The molecule has 0 unspecified atom stereocenters. The summed E-state index contributed by atoms with van der Waals surface area (Å²) in [5.74, 6) is 0.0673. The molecule has 5 aromatic rings. The molecule has 0 aliphatic rings. The zero-order valence-electron chi connectivity index (χ0n) is 22.2. The number of hydrogen-bond acceptors (Lipinski definition) is 6. The summed E-state index contributed by atoms with van der Waals surface area (Å²) in [6, 6.07) is 27.5. The number of aromatic nitrogens is 1. The van der Waals surface area contributed by atoms with Gasteiger partial charge in [-0.05, 0) is 91.0 Å². The topological polar surface area (TPSA) is 90.7 Å². The van der Waals surface area contributed by atoms with E-state index in [9.17, 15) is 9.59 Å². The number of amides is 2. The number of carbonyl (C=O) groups excluding carboxylic acids is 2. The van der Waals surface area contributed by atoms with Crippen molar-refractivity contribution in [3.8, 4) is 11.5 Å². The highest BCUT2D eigenvalue weighted by Crippen LogP contribution is 2.27. The highest BCUT2D eigenvalue weighted by atomic mass is 16.3. The third-order valence-corrected chi connectivity index (χ3v) is 6.33. The van der Waals surface area contributed by atoms with Crippen LogP contribution in [0.3, 0.4) is 0 Å². The molecule has 0 bridgehead atoms. The molecule has 0 aliphatic heterocycles. The summed E-state index contributed by atoms with van der Waals surface area (Å²) in [7, 11) is 7.82. The Morgan fingerprint density at radius 2 is 1.13 bits per heavy atom. The van der Waals surface area contributed by atoms with Gasteiger partial charge in [-0.3, -0.25) is 9.59 Å². The molecule has 5 rings (SSSR count). The maximum Gasteiger partial charge on any atom is 0.255 e. The molecule has 0 spiro atoms. The van der Waals surface area contributed by atoms with Crippen molar-refractivity contribution < 1.29 is 14.0 Å². The summed E-state index contributed by atoms with van der Waals surface area (Å²) in [6.45, 7) is 0. The molecular formula is C31H29N5O3. The molecule has 1 aromatic heterocycles. The summed E-state index contributed by atoms with van der Waals surface area (Å²) in [5.41, 5.74) is 6.50. The highest BCUT2D eigenvalue weighted by Gasteiger charge is 2.12. The Labute approximate surface area is 226 Å². The van der Waals surface area contributed by atoms with E-state index in [-0.39, 0.29) is 11.8 Å². The number of oxazole rings is 1. The predicted molar refractivity (Wildman–Crippen MR) is 157 cm³/mol. The van der Waals surface area contributed by atoms with Crippen LogP contribution in [0.4, 0.5) is 22.7 Å². The van der Waals surface area contributed by atoms with Gasteiger partial charge < -0.3 is 24.9 Å². The van der Waals surface area contributed by atoms with Crippen LogP contribution in [0, 0.1) is 0 Å². The van der Waals surface area contributed by atoms with E-state index in [1.807, 2.05) is 86.5 Å². The van der Waals surface area contributed by atoms with E-state index >= 15 is 0 Å². The second kappa shape index (κ2) is 10.7. The van der Waals surface area contributed by atoms with Crippen LogP contribution in [0.2, 0.25) is 0 Å². The summed E-state index contributed by atoms with van der Waals surface area (Å²) >= 11 is 0. The SMILES string of the molecule is CN(C)c1ccc(C(=O)Nc2ccc(-c3nc4cc(NC(=O)c5ccc(N(C)C)cc5)ccc4o3)cc2)cc1. The number of benzene rings is 4. The third kappa shape index (κ3) is 5.75. The van der Waals surface area contributed by atoms with Gasteiger partial charge in [0.25, 0.3) is 11.8 Å². The first-order valence-corrected chi connectivity index (χ1v) is 12.5. The Bertz CT molecular complexity index is 1620. The van der Waals surface area contributed by atoms with Crippen LogP contribution in [0.25, 0.3) is 22.6 Å². The molecule has 0 fully saturated rings. The van der Waals surface area contributed by atoms with Crippen LogP contribution in [0.5, 0.6) is 0 Å². The quantitative estimate of drug-likeness (QED) is 0.269. The Kier molecular flexibility index (Phi) is 7.01. The molecule has 0 saturated carbocycles. The van der Waals surface area contributed by atoms with Crippen molar-refractivity contribution in [3.05, 3.63) is 102 Å². The molecule has 2 amide bonds. The van der Waals surface area contributed by atoms with E-state index in [0.717, 1.165) is 16.9 Å². The van der Waals surface area contributed by atoms with Crippen LogP contribution in [-0.2, 0) is 0 Å². The average Bonchev–Trinajstić information content (AvgIpc) is 3.37. The van der Waals surface area contributed by atoms with Gasteiger partial charge in [-0.2, -0.15) is 0 Å². The van der Waals surface area contributed by atoms with Crippen molar-refractivity contribution in [2.75, 3.05) is 48.6 Å². The average molecular weight is 520 g/mol. The Hall–Kier alpha value is -5.11. The first-order chi connectivity index (χ1) is 18.8. The first-order valence-electron chi connectivity index (χ1n) is 12.5. The second-order valence-corrected chi connectivity index (χ2v) is 9.57. The fraction of sp³-hybridized carbons (Fsp3) is 0.129. The van der Waals surface area contributed by atoms with Crippen molar-refractivity contribution >= 4 is 45.7 Å². The highest BCUT2D eigenvalue weighted by molar-refractivity contribution is 6.05. The number of nitrogens with one attached hydrogen (secondary N) is 2. The zero-order chi connectivity index (χ0) is 27.5. The Balaban J connectivity index is 1.26. The molecule has 0 aliphatic carbocycles. The molecule has 196 valence electrons. The lowest BCUT2D eigenvalue weighted by Gasteiger charge is -2.12. The minimum absolute atomic E-state index is 0.182. The minimum Gasteiger partial charge on any atom is -0.436 e. The van der Waals surface area contributed by atoms with Gasteiger partial charge in [-0.1, -0.05) is 0 Å². The van der Waals surface area contributed by atoms with Crippen molar-refractivity contribution in [2.24, 2.45) is 0 Å². The Morgan fingerprint density at radius 3 is 1.64 bits per heavy atom. The molecule has 39 heavy (non-hydrogen) atoms. The van der Waals surface area contributed by atoms with E-state index in [1.165, 1.54) is 0 Å². The van der Waals surface area contributed by atoms with E-state index in [2.05, 4.69) is 15.6 Å². The summed E-state index contributed by atoms with van der Waals surface area (Å²) < 4.78 is 5.94. The van der Waals surface area contributed by atoms with Gasteiger partial charge in [0.15, 0.2) is 5.58 Å². The maximum atomic E-state index is 12.7. The molecule has 8 heteroatoms. The lowest BCUT2D eigenvalue weighted by Crippen LogP contribution is -2.13. The molecule has 8 nitrogen and oxygen atoms in total. The standard InChI is InChI=1S/C31H29N5O3/c1-35(2)25-14-7-20(8-15-25)29(37)32-23-11-5-22(6-12-23)31-34-27-19-24(13-18-28(27)39-31)33-30(38)21-9-16-26(17-10-21)36(3)4/h5-19H,1-4H3,(H,32,37)(H,33,38). The largest absolute Gasteiger partial charge is 0.436 e. The van der Waals surface area contributed by atoms with Gasteiger partial charge in [-0.15, -0.1) is 0 Å². The van der Waals surface area contributed by atoms with Gasteiger partial charge in [-0.25, -0.2) is 4.98 Å². The lowest BCUT2D eigenvalue weighted by atomic mass is 10.1. The van der Waals surface area contributed by atoms with E-state index in [4.69, 9.17) is 4.42 Å². The van der Waals surface area contributed by atoms with Gasteiger partial charge in [0.05, 0.1) is 0 Å². The number of carbonyl (C=O) groups is 2. The van der Waals surface area contributed by atoms with Crippen molar-refractivity contribution in [1.82, 2.24) is 4.98 Å². The van der Waals surface area contributed by atoms with Crippen LogP contribution >= 0.6 is 0 Å². The monoisotopic (exact) mass is 519 g/mol. The van der Waals surface area contributed by atoms with E-state index < -0.39 is 0 Å². The van der Waals surface area contributed by atoms with E-state index in [0.29, 0.717) is 39.5 Å². The Morgan fingerprint density at radius 1 is 0.641 bits per heavy atom. The number of hydrogen-bond donors (Lipinski definition) is 2. The van der Waals surface area contributed by atoms with Crippen LogP contribution in [-0.4, -0.2) is 45.0 Å². The normalized spacial score (nSPS) is 10.8. The van der Waals surface area contributed by atoms with Gasteiger partial charge >= 0.3 is 0 Å². The summed E-state index contributed by atoms with van der Waals surface area (Å²) in [4.78, 5) is 33.9. The zero-order valence-corrected chi connectivity index (χ0v) is 22.2. The van der Waals surface area contributed by atoms with Crippen LogP contribution in [0.15, 0.2) is 95.4 Å². The molecular weight excluding hydrogens is 490 g/mol. The molecule has 0 radical (unpaired) electrons. The number of fused-ring (bicyclic) bond motifs is 1. The van der Waals surface area contributed by atoms with Crippen molar-refractivity contribution in [1.29, 1.82) is 0 Å². The number of rotatable bonds is 7. The van der Waals surface area contributed by atoms with Crippen molar-refractivity contribution in [2.45, 2.75) is 0 Å². The first kappa shape index (κ1) is 25.5. The van der Waals surface area contributed by atoms with Gasteiger partial charge in [0.2, 0.25) is 5.89 Å². The molecule has 0 atom stereocenters. The lowest BCUT2D eigenvalue weighted by molar-refractivity contribution is 0.101. The number of anilines is 4. The van der Waals surface area contributed by atoms with Crippen molar-refractivity contribution in [3.63, 3.8) is 0 Å². The number of nitrogens with zero attached hydrogens (tertiary/aromatic N) is 3.